The van der Waals surface area contributed by atoms with E-state index in [1.807, 2.05) is 59.5 Å². The van der Waals surface area contributed by atoms with Crippen molar-refractivity contribution in [2.75, 3.05) is 6.54 Å². The fraction of sp³-hybridized carbons (Fsp3) is 0.240. The van der Waals surface area contributed by atoms with Gasteiger partial charge in [0, 0.05) is 18.4 Å². The van der Waals surface area contributed by atoms with Crippen LogP contribution in [-0.2, 0) is 6.42 Å². The number of hydrogen-bond donors (Lipinski definition) is 0. The summed E-state index contributed by atoms with van der Waals surface area (Å²) in [6, 6.07) is 21.7. The van der Waals surface area contributed by atoms with Crippen molar-refractivity contribution < 1.29 is 9.21 Å². The number of para-hydroxylation sites is 1. The molecule has 0 unspecified atom stereocenters. The number of rotatable bonds is 4. The van der Waals surface area contributed by atoms with Gasteiger partial charge in [-0.2, -0.15) is 0 Å². The van der Waals surface area contributed by atoms with E-state index in [1.165, 1.54) is 5.56 Å². The minimum absolute atomic E-state index is 0.0618. The molecular weight excluding hydrogens is 374 g/mol. The van der Waals surface area contributed by atoms with Crippen molar-refractivity contribution in [3.63, 3.8) is 0 Å². The Morgan fingerprint density at radius 1 is 1.00 bits per heavy atom. The van der Waals surface area contributed by atoms with E-state index in [-0.39, 0.29) is 11.9 Å². The Morgan fingerprint density at radius 2 is 1.83 bits per heavy atom. The minimum atomic E-state index is -0.149. The van der Waals surface area contributed by atoms with Crippen molar-refractivity contribution in [1.29, 1.82) is 0 Å². The van der Waals surface area contributed by atoms with Gasteiger partial charge in [0.1, 0.15) is 17.5 Å². The third-order valence-corrected chi connectivity index (χ3v) is 5.66. The average Bonchev–Trinajstić information content (AvgIpc) is 3.27. The highest BCUT2D eigenvalue weighted by atomic mass is 16.4. The van der Waals surface area contributed by atoms with E-state index in [2.05, 4.69) is 22.1 Å². The molecule has 1 atom stereocenters. The zero-order valence-corrected chi connectivity index (χ0v) is 16.7. The lowest BCUT2D eigenvalue weighted by molar-refractivity contribution is 0.0564. The summed E-state index contributed by atoms with van der Waals surface area (Å²) < 4.78 is 6.09. The van der Waals surface area contributed by atoms with Crippen molar-refractivity contribution in [2.24, 2.45) is 0 Å². The van der Waals surface area contributed by atoms with Crippen LogP contribution in [-0.4, -0.2) is 27.3 Å². The molecule has 150 valence electrons. The van der Waals surface area contributed by atoms with Gasteiger partial charge in [0.15, 0.2) is 0 Å². The van der Waals surface area contributed by atoms with Crippen molar-refractivity contribution in [1.82, 2.24) is 14.9 Å². The molecule has 5 heteroatoms. The molecule has 1 saturated heterocycles. The van der Waals surface area contributed by atoms with E-state index in [9.17, 15) is 4.79 Å². The van der Waals surface area contributed by atoms with Gasteiger partial charge < -0.3 is 9.32 Å². The monoisotopic (exact) mass is 397 g/mol. The lowest BCUT2D eigenvalue weighted by Gasteiger charge is -2.33. The Kier molecular flexibility index (Phi) is 5.01. The molecule has 1 aliphatic rings. The van der Waals surface area contributed by atoms with Crippen LogP contribution in [0.15, 0.2) is 77.3 Å². The second-order valence-electron chi connectivity index (χ2n) is 7.73. The van der Waals surface area contributed by atoms with Gasteiger partial charge in [0.2, 0.25) is 5.89 Å². The summed E-state index contributed by atoms with van der Waals surface area (Å²) in [5, 5.41) is 1.03. The molecule has 4 aromatic rings. The van der Waals surface area contributed by atoms with E-state index in [0.29, 0.717) is 24.6 Å². The summed E-state index contributed by atoms with van der Waals surface area (Å²) in [4.78, 5) is 24.3. The number of piperidine rings is 1. The number of amides is 1. The van der Waals surface area contributed by atoms with Crippen LogP contribution in [0.4, 0.5) is 0 Å². The van der Waals surface area contributed by atoms with Gasteiger partial charge >= 0.3 is 0 Å². The van der Waals surface area contributed by atoms with Gasteiger partial charge in [-0.25, -0.2) is 9.97 Å². The molecule has 0 saturated carbocycles. The maximum absolute atomic E-state index is 13.3. The molecule has 5 nitrogen and oxygen atoms in total. The maximum Gasteiger partial charge on any atom is 0.273 e. The summed E-state index contributed by atoms with van der Waals surface area (Å²) in [6.07, 6.45) is 5.36. The number of hydrogen-bond acceptors (Lipinski definition) is 4. The maximum atomic E-state index is 13.3. The lowest BCUT2D eigenvalue weighted by atomic mass is 10.0. The van der Waals surface area contributed by atoms with Crippen molar-refractivity contribution in [3.8, 4) is 0 Å². The first-order valence-corrected chi connectivity index (χ1v) is 10.4. The highest BCUT2D eigenvalue weighted by Crippen LogP contribution is 2.32. The number of carbonyl (C=O) groups excluding carboxylic acids is 1. The second kappa shape index (κ2) is 8.11. The Morgan fingerprint density at radius 3 is 2.73 bits per heavy atom. The van der Waals surface area contributed by atoms with Gasteiger partial charge in [-0.1, -0.05) is 54.6 Å². The van der Waals surface area contributed by atoms with Crippen LogP contribution in [0.2, 0.25) is 0 Å². The Labute approximate surface area is 175 Å². The highest BCUT2D eigenvalue weighted by molar-refractivity contribution is 5.95. The predicted octanol–water partition coefficient (Wildman–Crippen LogP) is 5.18. The van der Waals surface area contributed by atoms with E-state index in [0.717, 1.165) is 35.9 Å². The van der Waals surface area contributed by atoms with Crippen molar-refractivity contribution >= 4 is 16.8 Å². The lowest BCUT2D eigenvalue weighted by Crippen LogP contribution is -2.39. The summed E-state index contributed by atoms with van der Waals surface area (Å²) in [6.45, 7) is 0.689. The van der Waals surface area contributed by atoms with E-state index in [1.54, 1.807) is 6.20 Å². The van der Waals surface area contributed by atoms with E-state index >= 15 is 0 Å². The number of benzene rings is 2. The molecule has 1 fully saturated rings. The zero-order valence-electron chi connectivity index (χ0n) is 16.7. The summed E-state index contributed by atoms with van der Waals surface area (Å²) in [5.41, 5.74) is 2.48. The SMILES string of the molecule is O=C(c1ccc2ccccc2n1)N1CCCC[C@@H]1c1ncc(Cc2ccccc2)o1. The van der Waals surface area contributed by atoms with E-state index < -0.39 is 0 Å². The molecule has 5 rings (SSSR count). The molecule has 3 heterocycles. The van der Waals surface area contributed by atoms with Gasteiger partial charge in [-0.15, -0.1) is 0 Å². The van der Waals surface area contributed by atoms with Crippen molar-refractivity contribution in [3.05, 3.63) is 95.8 Å². The topological polar surface area (TPSA) is 59.2 Å². The second-order valence-corrected chi connectivity index (χ2v) is 7.73. The van der Waals surface area contributed by atoms with Crippen LogP contribution in [0, 0.1) is 0 Å². The molecular formula is C25H23N3O2. The third-order valence-electron chi connectivity index (χ3n) is 5.66. The molecule has 1 amide bonds. The number of nitrogens with zero attached hydrogens (tertiary/aromatic N) is 3. The molecule has 0 radical (unpaired) electrons. The van der Waals surface area contributed by atoms with Gasteiger partial charge in [0.05, 0.1) is 11.7 Å². The largest absolute Gasteiger partial charge is 0.443 e. The van der Waals surface area contributed by atoms with Crippen molar-refractivity contribution in [2.45, 2.75) is 31.7 Å². The minimum Gasteiger partial charge on any atom is -0.443 e. The molecule has 1 aliphatic heterocycles. The molecule has 30 heavy (non-hydrogen) atoms. The van der Waals surface area contributed by atoms with Crippen LogP contribution < -0.4 is 0 Å². The van der Waals surface area contributed by atoms with Gasteiger partial charge in [-0.05, 0) is 37.0 Å². The molecule has 0 N–H and O–H groups in total. The molecule has 0 spiro atoms. The number of carbonyl (C=O) groups is 1. The normalized spacial score (nSPS) is 16.7. The Balaban J connectivity index is 1.39. The number of fused-ring (bicyclic) bond motifs is 1. The Bertz CT molecular complexity index is 1170. The number of aromatic nitrogens is 2. The number of pyridine rings is 1. The molecule has 0 aliphatic carbocycles. The first-order chi connectivity index (χ1) is 14.8. The van der Waals surface area contributed by atoms with Gasteiger partial charge in [-0.3, -0.25) is 4.79 Å². The van der Waals surface area contributed by atoms with Crippen LogP contribution >= 0.6 is 0 Å². The third kappa shape index (κ3) is 3.71. The average molecular weight is 397 g/mol. The summed E-state index contributed by atoms with van der Waals surface area (Å²) >= 11 is 0. The number of oxazole rings is 1. The highest BCUT2D eigenvalue weighted by Gasteiger charge is 2.32. The van der Waals surface area contributed by atoms with E-state index in [4.69, 9.17) is 4.42 Å². The number of likely N-dealkylation sites (tertiary alicyclic amines) is 1. The fourth-order valence-electron chi connectivity index (χ4n) is 4.12. The van der Waals surface area contributed by atoms with Crippen LogP contribution in [0.1, 0.15) is 53.0 Å². The first kappa shape index (κ1) is 18.6. The molecule has 2 aromatic heterocycles. The quantitative estimate of drug-likeness (QED) is 0.476. The summed E-state index contributed by atoms with van der Waals surface area (Å²) in [7, 11) is 0. The first-order valence-electron chi connectivity index (χ1n) is 10.4. The van der Waals surface area contributed by atoms with Crippen LogP contribution in [0.5, 0.6) is 0 Å². The fourth-order valence-corrected chi connectivity index (χ4v) is 4.12. The van der Waals surface area contributed by atoms with Crippen LogP contribution in [0.3, 0.4) is 0 Å². The predicted molar refractivity (Wildman–Crippen MR) is 115 cm³/mol. The summed E-state index contributed by atoms with van der Waals surface area (Å²) in [5.74, 6) is 1.38. The van der Waals surface area contributed by atoms with Crippen LogP contribution in [0.25, 0.3) is 10.9 Å². The molecule has 0 bridgehead atoms. The zero-order chi connectivity index (χ0) is 20.3. The smallest absolute Gasteiger partial charge is 0.273 e. The van der Waals surface area contributed by atoms with Gasteiger partial charge in [0.25, 0.3) is 5.91 Å². The molecule has 2 aromatic carbocycles. The Hall–Kier alpha value is -3.47. The standard InChI is InChI=1S/C25H23N3O2/c29-25(22-14-13-19-10-4-5-11-21(19)27-22)28-15-7-6-12-23(28)24-26-17-20(30-24)16-18-8-2-1-3-9-18/h1-5,8-11,13-14,17,23H,6-7,12,15-16H2/t23-/m1/s1.